The number of nitrogens with one attached hydrogen (secondary N) is 1. The molecule has 6 nitrogen and oxygen atoms in total. The number of nitrogens with zero attached hydrogens (tertiary/aromatic N) is 1. The second kappa shape index (κ2) is 8.52. The normalized spacial score (nSPS) is 11.0. The van der Waals surface area contributed by atoms with Gasteiger partial charge in [-0.15, -0.1) is 0 Å². The zero-order chi connectivity index (χ0) is 21.1. The molecule has 0 radical (unpaired) electrons. The number of carbonyl (C=O) groups is 2. The molecule has 0 unspecified atom stereocenters. The molecule has 0 bridgehead atoms. The number of carbonyl (C=O) groups excluding carboxylic acids is 2. The van der Waals surface area contributed by atoms with Crippen molar-refractivity contribution in [3.63, 3.8) is 0 Å². The largest absolute Gasteiger partial charge is 0.496 e. The molecule has 28 heavy (non-hydrogen) atoms. The molecule has 2 aromatic rings. The molecule has 0 spiro atoms. The SMILES string of the molecule is COc1ccc(C(=O)N(NC(=O)c2cccc(OC)c2C)C(C)(C)C)cc1Cl. The lowest BCUT2D eigenvalue weighted by atomic mass is 10.1. The van der Waals surface area contributed by atoms with Crippen LogP contribution in [0.3, 0.4) is 0 Å². The highest BCUT2D eigenvalue weighted by molar-refractivity contribution is 6.32. The van der Waals surface area contributed by atoms with Crippen LogP contribution in [0.15, 0.2) is 36.4 Å². The Morgan fingerprint density at radius 2 is 1.68 bits per heavy atom. The Balaban J connectivity index is 2.36. The van der Waals surface area contributed by atoms with E-state index in [4.69, 9.17) is 21.1 Å². The van der Waals surface area contributed by atoms with Gasteiger partial charge in [0.2, 0.25) is 0 Å². The van der Waals surface area contributed by atoms with Crippen molar-refractivity contribution < 1.29 is 19.1 Å². The number of hydrogen-bond acceptors (Lipinski definition) is 4. The Bertz CT molecular complexity index is 890. The molecule has 0 aliphatic carbocycles. The smallest absolute Gasteiger partial charge is 0.272 e. The summed E-state index contributed by atoms with van der Waals surface area (Å²) in [5.41, 5.74) is 3.50. The maximum Gasteiger partial charge on any atom is 0.272 e. The first-order valence-corrected chi connectivity index (χ1v) is 9.10. The molecular formula is C21H25ClN2O4. The van der Waals surface area contributed by atoms with Gasteiger partial charge in [-0.2, -0.15) is 0 Å². The topological polar surface area (TPSA) is 67.9 Å². The van der Waals surface area contributed by atoms with Crippen molar-refractivity contribution in [1.82, 2.24) is 10.4 Å². The minimum atomic E-state index is -0.675. The average Bonchev–Trinajstić information content (AvgIpc) is 2.64. The van der Waals surface area contributed by atoms with Gasteiger partial charge in [-0.1, -0.05) is 17.7 Å². The predicted molar refractivity (Wildman–Crippen MR) is 109 cm³/mol. The highest BCUT2D eigenvalue weighted by atomic mass is 35.5. The van der Waals surface area contributed by atoms with Crippen LogP contribution in [0.25, 0.3) is 0 Å². The minimum Gasteiger partial charge on any atom is -0.496 e. The lowest BCUT2D eigenvalue weighted by molar-refractivity contribution is 0.0358. The summed E-state index contributed by atoms with van der Waals surface area (Å²) < 4.78 is 10.4. The molecule has 0 saturated carbocycles. The third-order valence-corrected chi connectivity index (χ3v) is 4.53. The first-order valence-electron chi connectivity index (χ1n) is 8.72. The maximum absolute atomic E-state index is 13.1. The summed E-state index contributed by atoms with van der Waals surface area (Å²) in [6.45, 7) is 7.28. The van der Waals surface area contributed by atoms with Gasteiger partial charge in [-0.05, 0) is 58.0 Å². The van der Waals surface area contributed by atoms with E-state index in [2.05, 4.69) is 5.43 Å². The van der Waals surface area contributed by atoms with Gasteiger partial charge in [0.1, 0.15) is 11.5 Å². The van der Waals surface area contributed by atoms with Crippen LogP contribution in [-0.4, -0.2) is 36.6 Å². The molecule has 0 fully saturated rings. The zero-order valence-electron chi connectivity index (χ0n) is 16.9. The number of hydrazine groups is 1. The maximum atomic E-state index is 13.1. The van der Waals surface area contributed by atoms with Crippen molar-refractivity contribution in [1.29, 1.82) is 0 Å². The van der Waals surface area contributed by atoms with Gasteiger partial charge in [0.05, 0.1) is 24.8 Å². The van der Waals surface area contributed by atoms with E-state index in [1.807, 2.05) is 20.8 Å². The predicted octanol–water partition coefficient (Wildman–Crippen LogP) is 4.25. The summed E-state index contributed by atoms with van der Waals surface area (Å²) in [6, 6.07) is 9.93. The van der Waals surface area contributed by atoms with Crippen LogP contribution in [0.1, 0.15) is 47.1 Å². The van der Waals surface area contributed by atoms with Gasteiger partial charge in [0.25, 0.3) is 11.8 Å². The Kier molecular flexibility index (Phi) is 6.56. The standard InChI is InChI=1S/C21H25ClN2O4/c1-13-15(8-7-9-17(13)27-5)19(25)23-24(21(2,3)4)20(26)14-10-11-18(28-6)16(22)12-14/h7-12H,1-6H3,(H,23,25). The summed E-state index contributed by atoms with van der Waals surface area (Å²) in [4.78, 5) is 26.0. The second-order valence-corrected chi connectivity index (χ2v) is 7.64. The first-order chi connectivity index (χ1) is 13.1. The Hall–Kier alpha value is -2.73. The molecule has 0 saturated heterocycles. The quantitative estimate of drug-likeness (QED) is 0.773. The third kappa shape index (κ3) is 4.57. The molecule has 2 rings (SSSR count). The van der Waals surface area contributed by atoms with Crippen molar-refractivity contribution in [3.8, 4) is 11.5 Å². The molecule has 0 heterocycles. The van der Waals surface area contributed by atoms with E-state index in [-0.39, 0.29) is 5.91 Å². The van der Waals surface area contributed by atoms with Gasteiger partial charge in [-0.25, -0.2) is 5.01 Å². The summed E-state index contributed by atoms with van der Waals surface area (Å²) in [5.74, 6) is 0.282. The van der Waals surface area contributed by atoms with Crippen molar-refractivity contribution in [2.24, 2.45) is 0 Å². The van der Waals surface area contributed by atoms with E-state index in [0.29, 0.717) is 33.2 Å². The van der Waals surface area contributed by atoms with Crippen LogP contribution >= 0.6 is 11.6 Å². The lowest BCUT2D eigenvalue weighted by Gasteiger charge is -2.35. The van der Waals surface area contributed by atoms with Gasteiger partial charge < -0.3 is 9.47 Å². The fourth-order valence-electron chi connectivity index (χ4n) is 2.69. The van der Waals surface area contributed by atoms with E-state index < -0.39 is 11.4 Å². The Labute approximate surface area is 170 Å². The molecule has 7 heteroatoms. The van der Waals surface area contributed by atoms with Gasteiger partial charge >= 0.3 is 0 Å². The number of halogens is 1. The molecule has 0 aliphatic heterocycles. The van der Waals surface area contributed by atoms with E-state index in [1.165, 1.54) is 18.2 Å². The van der Waals surface area contributed by atoms with Crippen molar-refractivity contribution in [3.05, 3.63) is 58.1 Å². The van der Waals surface area contributed by atoms with Crippen molar-refractivity contribution in [2.75, 3.05) is 14.2 Å². The number of benzene rings is 2. The minimum absolute atomic E-state index is 0.317. The number of methoxy groups -OCH3 is 2. The molecule has 150 valence electrons. The third-order valence-electron chi connectivity index (χ3n) is 4.23. The molecular weight excluding hydrogens is 380 g/mol. The Morgan fingerprint density at radius 1 is 1.04 bits per heavy atom. The van der Waals surface area contributed by atoms with E-state index in [0.717, 1.165) is 0 Å². The highest BCUT2D eigenvalue weighted by Crippen LogP contribution is 2.27. The molecule has 1 N–H and O–H groups in total. The molecule has 0 atom stereocenters. The number of amides is 2. The van der Waals surface area contributed by atoms with E-state index >= 15 is 0 Å². The molecule has 2 amide bonds. The lowest BCUT2D eigenvalue weighted by Crippen LogP contribution is -2.56. The summed E-state index contributed by atoms with van der Waals surface area (Å²) in [7, 11) is 3.04. The van der Waals surface area contributed by atoms with Gasteiger partial charge in [0.15, 0.2) is 0 Å². The number of ether oxygens (including phenoxy) is 2. The van der Waals surface area contributed by atoms with Gasteiger partial charge in [-0.3, -0.25) is 15.0 Å². The molecule has 0 aliphatic rings. The van der Waals surface area contributed by atoms with Crippen LogP contribution in [0, 0.1) is 6.92 Å². The van der Waals surface area contributed by atoms with E-state index in [1.54, 1.807) is 44.4 Å². The fraction of sp³-hybridized carbons (Fsp3) is 0.333. The highest BCUT2D eigenvalue weighted by Gasteiger charge is 2.30. The fourth-order valence-corrected chi connectivity index (χ4v) is 2.95. The summed E-state index contributed by atoms with van der Waals surface area (Å²) in [5, 5.41) is 1.61. The van der Waals surface area contributed by atoms with Crippen LogP contribution in [0.4, 0.5) is 0 Å². The molecule has 0 aromatic heterocycles. The average molecular weight is 405 g/mol. The molecule has 2 aromatic carbocycles. The summed E-state index contributed by atoms with van der Waals surface area (Å²) in [6.07, 6.45) is 0. The number of rotatable bonds is 4. The Morgan fingerprint density at radius 3 is 2.21 bits per heavy atom. The zero-order valence-corrected chi connectivity index (χ0v) is 17.7. The second-order valence-electron chi connectivity index (χ2n) is 7.23. The van der Waals surface area contributed by atoms with Gasteiger partial charge in [0, 0.05) is 16.7 Å². The van der Waals surface area contributed by atoms with Crippen LogP contribution in [-0.2, 0) is 0 Å². The monoisotopic (exact) mass is 404 g/mol. The van der Waals surface area contributed by atoms with Crippen LogP contribution in [0.2, 0.25) is 5.02 Å². The first kappa shape index (κ1) is 21.6. The summed E-state index contributed by atoms with van der Waals surface area (Å²) >= 11 is 6.15. The van der Waals surface area contributed by atoms with Crippen molar-refractivity contribution >= 4 is 23.4 Å². The van der Waals surface area contributed by atoms with Crippen LogP contribution < -0.4 is 14.9 Å². The van der Waals surface area contributed by atoms with E-state index in [9.17, 15) is 9.59 Å². The number of hydrogen-bond donors (Lipinski definition) is 1. The van der Waals surface area contributed by atoms with Crippen molar-refractivity contribution in [2.45, 2.75) is 33.2 Å². The van der Waals surface area contributed by atoms with Crippen LogP contribution in [0.5, 0.6) is 11.5 Å².